The van der Waals surface area contributed by atoms with Crippen LogP contribution in [0.1, 0.15) is 20.7 Å². The SMILES string of the molecule is CN1C(=O)c2cccc3c(N4CC[N+](C)(C)CC4)ccc(c23)C1=O. The van der Waals surface area contributed by atoms with Gasteiger partial charge >= 0.3 is 0 Å². The third kappa shape index (κ3) is 2.12. The normalized spacial score (nSPS) is 20.0. The Kier molecular flexibility index (Phi) is 3.18. The molecular formula is C19H22N3O2+. The molecule has 0 radical (unpaired) electrons. The van der Waals surface area contributed by atoms with E-state index in [0.29, 0.717) is 11.1 Å². The minimum Gasteiger partial charge on any atom is -0.360 e. The molecule has 2 aliphatic heterocycles. The molecule has 0 atom stereocenters. The predicted octanol–water partition coefficient (Wildman–Crippen LogP) is 1.96. The van der Waals surface area contributed by atoms with Gasteiger partial charge in [-0.05, 0) is 18.2 Å². The molecule has 0 N–H and O–H groups in total. The monoisotopic (exact) mass is 324 g/mol. The summed E-state index contributed by atoms with van der Waals surface area (Å²) in [5, 5.41) is 1.81. The number of nitrogens with zero attached hydrogens (tertiary/aromatic N) is 3. The Balaban J connectivity index is 1.87. The van der Waals surface area contributed by atoms with Crippen molar-refractivity contribution in [3.63, 3.8) is 0 Å². The van der Waals surface area contributed by atoms with Crippen LogP contribution in [0.3, 0.4) is 0 Å². The molecule has 5 heteroatoms. The highest BCUT2D eigenvalue weighted by Crippen LogP contribution is 2.36. The van der Waals surface area contributed by atoms with Crippen LogP contribution in [0.25, 0.3) is 10.8 Å². The van der Waals surface area contributed by atoms with E-state index >= 15 is 0 Å². The first-order valence-corrected chi connectivity index (χ1v) is 8.34. The van der Waals surface area contributed by atoms with Crippen LogP contribution >= 0.6 is 0 Å². The summed E-state index contributed by atoms with van der Waals surface area (Å²) in [6.07, 6.45) is 0. The minimum absolute atomic E-state index is 0.216. The van der Waals surface area contributed by atoms with Crippen molar-refractivity contribution >= 4 is 28.3 Å². The molecule has 0 unspecified atom stereocenters. The van der Waals surface area contributed by atoms with Crippen LogP contribution in [0, 0.1) is 0 Å². The van der Waals surface area contributed by atoms with Crippen molar-refractivity contribution in [2.75, 3.05) is 52.2 Å². The zero-order valence-corrected chi connectivity index (χ0v) is 14.4. The Bertz CT molecular complexity index is 840. The molecule has 5 nitrogen and oxygen atoms in total. The standard InChI is InChI=1S/C19H22N3O2/c1-20-18(23)14-6-4-5-13-16(8-7-15(17(13)14)19(20)24)21-9-11-22(2,3)12-10-21/h4-8H,9-12H2,1-3H3/q+1. The van der Waals surface area contributed by atoms with Crippen molar-refractivity contribution in [3.8, 4) is 0 Å². The average Bonchev–Trinajstić information content (AvgIpc) is 2.57. The molecule has 2 aromatic carbocycles. The van der Waals surface area contributed by atoms with E-state index in [1.165, 1.54) is 4.90 Å². The largest absolute Gasteiger partial charge is 0.360 e. The summed E-state index contributed by atoms with van der Waals surface area (Å²) in [4.78, 5) is 28.5. The van der Waals surface area contributed by atoms with Gasteiger partial charge in [0.05, 0.1) is 40.3 Å². The van der Waals surface area contributed by atoms with Crippen LogP contribution in [0.2, 0.25) is 0 Å². The molecule has 24 heavy (non-hydrogen) atoms. The first-order valence-electron chi connectivity index (χ1n) is 8.34. The van der Waals surface area contributed by atoms with E-state index in [-0.39, 0.29) is 11.8 Å². The maximum atomic E-state index is 12.5. The summed E-state index contributed by atoms with van der Waals surface area (Å²) in [6, 6.07) is 9.67. The molecule has 2 amide bonds. The van der Waals surface area contributed by atoms with Crippen molar-refractivity contribution in [1.29, 1.82) is 0 Å². The van der Waals surface area contributed by atoms with Crippen LogP contribution in [-0.4, -0.2) is 68.5 Å². The van der Waals surface area contributed by atoms with Crippen LogP contribution in [0.5, 0.6) is 0 Å². The van der Waals surface area contributed by atoms with Crippen molar-refractivity contribution in [1.82, 2.24) is 4.90 Å². The lowest BCUT2D eigenvalue weighted by molar-refractivity contribution is -0.890. The van der Waals surface area contributed by atoms with Gasteiger partial charge in [-0.3, -0.25) is 14.5 Å². The van der Waals surface area contributed by atoms with Crippen molar-refractivity contribution in [3.05, 3.63) is 41.5 Å². The predicted molar refractivity (Wildman–Crippen MR) is 94.4 cm³/mol. The number of imide groups is 1. The number of anilines is 1. The molecule has 0 spiro atoms. The Morgan fingerprint density at radius 1 is 0.917 bits per heavy atom. The summed E-state index contributed by atoms with van der Waals surface area (Å²) < 4.78 is 1.03. The maximum Gasteiger partial charge on any atom is 0.261 e. The topological polar surface area (TPSA) is 40.6 Å². The summed E-state index contributed by atoms with van der Waals surface area (Å²) >= 11 is 0. The Hall–Kier alpha value is -2.40. The highest BCUT2D eigenvalue weighted by atomic mass is 16.2. The van der Waals surface area contributed by atoms with Gasteiger partial charge in [0.2, 0.25) is 0 Å². The van der Waals surface area contributed by atoms with E-state index in [1.54, 1.807) is 7.05 Å². The van der Waals surface area contributed by atoms with E-state index in [1.807, 2.05) is 30.3 Å². The molecule has 2 heterocycles. The number of carbonyl (C=O) groups is 2. The second kappa shape index (κ2) is 5.05. The first kappa shape index (κ1) is 15.1. The molecule has 1 saturated heterocycles. The van der Waals surface area contributed by atoms with E-state index < -0.39 is 0 Å². The first-order chi connectivity index (χ1) is 11.4. The van der Waals surface area contributed by atoms with Gasteiger partial charge in [0.25, 0.3) is 11.8 Å². The highest BCUT2D eigenvalue weighted by molar-refractivity contribution is 6.26. The summed E-state index contributed by atoms with van der Waals surface area (Å²) in [5.41, 5.74) is 2.37. The summed E-state index contributed by atoms with van der Waals surface area (Å²) in [7, 11) is 6.05. The van der Waals surface area contributed by atoms with Crippen molar-refractivity contribution in [2.24, 2.45) is 0 Å². The molecule has 2 aliphatic rings. The van der Waals surface area contributed by atoms with Crippen LogP contribution in [0.15, 0.2) is 30.3 Å². The van der Waals surface area contributed by atoms with Crippen molar-refractivity contribution in [2.45, 2.75) is 0 Å². The number of piperazine rings is 1. The number of hydrogen-bond acceptors (Lipinski definition) is 3. The highest BCUT2D eigenvalue weighted by Gasteiger charge is 2.32. The fourth-order valence-electron chi connectivity index (χ4n) is 3.72. The zero-order chi connectivity index (χ0) is 17.1. The number of amides is 2. The number of benzene rings is 2. The van der Waals surface area contributed by atoms with Gasteiger partial charge in [-0.2, -0.15) is 0 Å². The molecule has 0 saturated carbocycles. The summed E-state index contributed by atoms with van der Waals surface area (Å²) in [6.45, 7) is 4.13. The second-order valence-electron chi connectivity index (χ2n) is 7.40. The average molecular weight is 324 g/mol. The Labute approximate surface area is 141 Å². The second-order valence-corrected chi connectivity index (χ2v) is 7.40. The molecular weight excluding hydrogens is 302 g/mol. The number of likely N-dealkylation sites (N-methyl/N-ethyl adjacent to an activating group) is 1. The molecule has 1 fully saturated rings. The van der Waals surface area contributed by atoms with Gasteiger partial charge < -0.3 is 9.38 Å². The van der Waals surface area contributed by atoms with Gasteiger partial charge in [0.15, 0.2) is 0 Å². The quantitative estimate of drug-likeness (QED) is 0.595. The zero-order valence-electron chi connectivity index (χ0n) is 14.4. The number of rotatable bonds is 1. The third-order valence-corrected chi connectivity index (χ3v) is 5.38. The van der Waals surface area contributed by atoms with Gasteiger partial charge in [-0.1, -0.05) is 12.1 Å². The Morgan fingerprint density at radius 2 is 1.54 bits per heavy atom. The van der Waals surface area contributed by atoms with E-state index in [0.717, 1.165) is 47.1 Å². The molecule has 4 rings (SSSR count). The van der Waals surface area contributed by atoms with Gasteiger partial charge in [-0.15, -0.1) is 0 Å². The van der Waals surface area contributed by atoms with Gasteiger partial charge in [0, 0.05) is 34.6 Å². The summed E-state index contributed by atoms with van der Waals surface area (Å²) in [5.74, 6) is -0.432. The smallest absolute Gasteiger partial charge is 0.261 e. The van der Waals surface area contributed by atoms with Crippen LogP contribution < -0.4 is 4.90 Å². The van der Waals surface area contributed by atoms with E-state index in [2.05, 4.69) is 19.0 Å². The van der Waals surface area contributed by atoms with Crippen LogP contribution in [-0.2, 0) is 0 Å². The third-order valence-electron chi connectivity index (χ3n) is 5.38. The molecule has 0 aromatic heterocycles. The number of quaternary nitrogens is 1. The fraction of sp³-hybridized carbons (Fsp3) is 0.368. The molecule has 0 aliphatic carbocycles. The Morgan fingerprint density at radius 3 is 2.21 bits per heavy atom. The van der Waals surface area contributed by atoms with E-state index in [4.69, 9.17) is 0 Å². The van der Waals surface area contributed by atoms with Crippen LogP contribution in [0.4, 0.5) is 5.69 Å². The lowest BCUT2D eigenvalue weighted by Gasteiger charge is -2.40. The minimum atomic E-state index is -0.216. The maximum absolute atomic E-state index is 12.5. The molecule has 124 valence electrons. The lowest BCUT2D eigenvalue weighted by atomic mass is 9.93. The van der Waals surface area contributed by atoms with Gasteiger partial charge in [-0.25, -0.2) is 0 Å². The fourth-order valence-corrected chi connectivity index (χ4v) is 3.72. The van der Waals surface area contributed by atoms with Crippen molar-refractivity contribution < 1.29 is 14.1 Å². The van der Waals surface area contributed by atoms with E-state index in [9.17, 15) is 9.59 Å². The van der Waals surface area contributed by atoms with Gasteiger partial charge in [0.1, 0.15) is 0 Å². The number of hydrogen-bond donors (Lipinski definition) is 0. The lowest BCUT2D eigenvalue weighted by Crippen LogP contribution is -2.54. The molecule has 2 aromatic rings. The number of carbonyl (C=O) groups excluding carboxylic acids is 2. The molecule has 0 bridgehead atoms.